The zero-order chi connectivity index (χ0) is 14.0. The van der Waals surface area contributed by atoms with Crippen LogP contribution in [-0.4, -0.2) is 51.5 Å². The number of thioether (sulfide) groups is 1. The number of aliphatic carboxylic acids is 1. The minimum Gasteiger partial charge on any atom is -0.481 e. The van der Waals surface area contributed by atoms with Crippen molar-refractivity contribution in [2.75, 3.05) is 17.3 Å². The fourth-order valence-corrected chi connectivity index (χ4v) is 4.18. The van der Waals surface area contributed by atoms with E-state index in [2.05, 4.69) is 10.2 Å². The summed E-state index contributed by atoms with van der Waals surface area (Å²) in [5, 5.41) is 15.0. The summed E-state index contributed by atoms with van der Waals surface area (Å²) >= 11 is 0.941. The van der Waals surface area contributed by atoms with Gasteiger partial charge in [0.25, 0.3) is 0 Å². The molecular weight excluding hydrogens is 294 g/mol. The van der Waals surface area contributed by atoms with Gasteiger partial charge in [-0.15, -0.1) is 5.10 Å². The number of carboxylic acids is 1. The molecule has 19 heavy (non-hydrogen) atoms. The van der Waals surface area contributed by atoms with E-state index in [1.807, 2.05) is 0 Å². The van der Waals surface area contributed by atoms with Crippen molar-refractivity contribution in [2.45, 2.75) is 24.0 Å². The standard InChI is InChI=1S/C9H13N3O5S2/c13-7(14)5-18-9-11-10-8(15)12(9)6-1-3-19(16,17)4-2-6/h6H,1-5H2,(H,10,15)(H,13,14). The summed E-state index contributed by atoms with van der Waals surface area (Å²) in [7, 11) is -3.01. The van der Waals surface area contributed by atoms with Gasteiger partial charge in [-0.05, 0) is 12.8 Å². The number of hydrogen-bond acceptors (Lipinski definition) is 6. The van der Waals surface area contributed by atoms with E-state index in [9.17, 15) is 18.0 Å². The molecule has 8 nitrogen and oxygen atoms in total. The molecule has 1 aromatic heterocycles. The Morgan fingerprint density at radius 3 is 2.68 bits per heavy atom. The van der Waals surface area contributed by atoms with Gasteiger partial charge in [0.1, 0.15) is 9.84 Å². The van der Waals surface area contributed by atoms with Gasteiger partial charge in [-0.2, -0.15) is 0 Å². The number of carboxylic acid groups (broad SMARTS) is 1. The lowest BCUT2D eigenvalue weighted by atomic mass is 10.1. The summed E-state index contributed by atoms with van der Waals surface area (Å²) in [6.07, 6.45) is 0.699. The third kappa shape index (κ3) is 3.38. The van der Waals surface area contributed by atoms with Crippen LogP contribution in [0.5, 0.6) is 0 Å². The van der Waals surface area contributed by atoms with E-state index in [-0.39, 0.29) is 28.5 Å². The lowest BCUT2D eigenvalue weighted by molar-refractivity contribution is -0.133. The molecule has 0 spiro atoms. The summed E-state index contributed by atoms with van der Waals surface area (Å²) in [6.45, 7) is 0. The third-order valence-electron chi connectivity index (χ3n) is 2.89. The predicted octanol–water partition coefficient (Wildman–Crippen LogP) is -0.502. The SMILES string of the molecule is O=C(O)CSc1n[nH]c(=O)n1C1CCS(=O)(=O)CC1. The van der Waals surface area contributed by atoms with Crippen LogP contribution in [0.2, 0.25) is 0 Å². The van der Waals surface area contributed by atoms with Gasteiger partial charge in [0.15, 0.2) is 5.16 Å². The molecule has 1 saturated heterocycles. The van der Waals surface area contributed by atoms with Gasteiger partial charge in [-0.25, -0.2) is 18.3 Å². The molecule has 0 aliphatic carbocycles. The van der Waals surface area contributed by atoms with Crippen LogP contribution in [0.3, 0.4) is 0 Å². The molecule has 2 heterocycles. The van der Waals surface area contributed by atoms with Crippen molar-refractivity contribution in [3.8, 4) is 0 Å². The molecule has 106 valence electrons. The van der Waals surface area contributed by atoms with E-state index in [0.717, 1.165) is 11.8 Å². The van der Waals surface area contributed by atoms with Crippen molar-refractivity contribution >= 4 is 27.6 Å². The van der Waals surface area contributed by atoms with E-state index in [4.69, 9.17) is 5.11 Å². The molecule has 1 aromatic rings. The van der Waals surface area contributed by atoms with E-state index in [1.165, 1.54) is 4.57 Å². The zero-order valence-electron chi connectivity index (χ0n) is 9.90. The highest BCUT2D eigenvalue weighted by Gasteiger charge is 2.28. The van der Waals surface area contributed by atoms with Crippen LogP contribution in [0.1, 0.15) is 18.9 Å². The molecule has 0 bridgehead atoms. The number of nitrogens with zero attached hydrogens (tertiary/aromatic N) is 2. The highest BCUT2D eigenvalue weighted by Crippen LogP contribution is 2.26. The fraction of sp³-hybridized carbons (Fsp3) is 0.667. The van der Waals surface area contributed by atoms with Crippen molar-refractivity contribution in [1.29, 1.82) is 0 Å². The number of carbonyl (C=O) groups is 1. The van der Waals surface area contributed by atoms with Crippen molar-refractivity contribution < 1.29 is 18.3 Å². The number of H-pyrrole nitrogens is 1. The number of aromatic nitrogens is 3. The molecule has 0 atom stereocenters. The summed E-state index contributed by atoms with van der Waals surface area (Å²) in [5.41, 5.74) is -0.433. The minimum absolute atomic E-state index is 0.0400. The van der Waals surface area contributed by atoms with Gasteiger partial charge in [0.2, 0.25) is 0 Å². The molecule has 1 fully saturated rings. The molecule has 0 radical (unpaired) electrons. The number of hydrogen-bond donors (Lipinski definition) is 2. The Morgan fingerprint density at radius 2 is 2.11 bits per heavy atom. The minimum atomic E-state index is -3.01. The molecule has 0 amide bonds. The maximum Gasteiger partial charge on any atom is 0.344 e. The second-order valence-electron chi connectivity index (χ2n) is 4.25. The van der Waals surface area contributed by atoms with Gasteiger partial charge in [0, 0.05) is 6.04 Å². The van der Waals surface area contributed by atoms with Crippen LogP contribution >= 0.6 is 11.8 Å². The van der Waals surface area contributed by atoms with Crippen LogP contribution in [0.15, 0.2) is 9.95 Å². The smallest absolute Gasteiger partial charge is 0.344 e. The molecule has 1 aliphatic heterocycles. The van der Waals surface area contributed by atoms with Crippen molar-refractivity contribution in [3.05, 3.63) is 10.5 Å². The average Bonchev–Trinajstić information content (AvgIpc) is 2.68. The van der Waals surface area contributed by atoms with Crippen LogP contribution in [0, 0.1) is 0 Å². The van der Waals surface area contributed by atoms with E-state index in [0.29, 0.717) is 12.8 Å². The maximum absolute atomic E-state index is 11.7. The summed E-state index contributed by atoms with van der Waals surface area (Å²) in [5.74, 6) is -1.12. The van der Waals surface area contributed by atoms with Crippen LogP contribution < -0.4 is 5.69 Å². The predicted molar refractivity (Wildman–Crippen MR) is 68.1 cm³/mol. The van der Waals surface area contributed by atoms with Gasteiger partial charge >= 0.3 is 11.7 Å². The monoisotopic (exact) mass is 307 g/mol. The lowest BCUT2D eigenvalue weighted by Crippen LogP contribution is -2.31. The molecule has 2 rings (SSSR count). The first-order chi connectivity index (χ1) is 8.89. The molecule has 0 aromatic carbocycles. The number of rotatable bonds is 4. The van der Waals surface area contributed by atoms with Crippen LogP contribution in [-0.2, 0) is 14.6 Å². The highest BCUT2D eigenvalue weighted by atomic mass is 32.2. The van der Waals surface area contributed by atoms with Crippen molar-refractivity contribution in [1.82, 2.24) is 14.8 Å². The van der Waals surface area contributed by atoms with Gasteiger partial charge in [0.05, 0.1) is 17.3 Å². The quantitative estimate of drug-likeness (QED) is 0.719. The zero-order valence-corrected chi connectivity index (χ0v) is 11.5. The molecule has 0 unspecified atom stereocenters. The Balaban J connectivity index is 2.18. The third-order valence-corrected chi connectivity index (χ3v) is 5.54. The first kappa shape index (κ1) is 14.1. The van der Waals surface area contributed by atoms with Crippen molar-refractivity contribution in [3.63, 3.8) is 0 Å². The largest absolute Gasteiger partial charge is 0.481 e. The molecule has 2 N–H and O–H groups in total. The van der Waals surface area contributed by atoms with Gasteiger partial charge in [-0.1, -0.05) is 11.8 Å². The van der Waals surface area contributed by atoms with E-state index in [1.54, 1.807) is 0 Å². The second kappa shape index (κ2) is 5.37. The Kier molecular flexibility index (Phi) is 3.99. The van der Waals surface area contributed by atoms with E-state index >= 15 is 0 Å². The summed E-state index contributed by atoms with van der Waals surface area (Å²) < 4.78 is 24.1. The lowest BCUT2D eigenvalue weighted by Gasteiger charge is -2.23. The highest BCUT2D eigenvalue weighted by molar-refractivity contribution is 7.99. The second-order valence-corrected chi connectivity index (χ2v) is 7.49. The normalized spacial score (nSPS) is 19.4. The molecule has 0 saturated carbocycles. The van der Waals surface area contributed by atoms with E-state index < -0.39 is 21.5 Å². The number of nitrogens with one attached hydrogen (secondary N) is 1. The number of sulfone groups is 1. The number of aromatic amines is 1. The molecule has 1 aliphatic rings. The topological polar surface area (TPSA) is 122 Å². The van der Waals surface area contributed by atoms with Crippen LogP contribution in [0.25, 0.3) is 0 Å². The first-order valence-electron chi connectivity index (χ1n) is 5.61. The van der Waals surface area contributed by atoms with Gasteiger partial charge < -0.3 is 5.11 Å². The Bertz CT molecular complexity index is 619. The first-order valence-corrected chi connectivity index (χ1v) is 8.41. The molecule has 10 heteroatoms. The van der Waals surface area contributed by atoms with Gasteiger partial charge in [-0.3, -0.25) is 9.36 Å². The Hall–Kier alpha value is -1.29. The van der Waals surface area contributed by atoms with Crippen molar-refractivity contribution in [2.24, 2.45) is 0 Å². The molecular formula is C9H13N3O5S2. The Morgan fingerprint density at radius 1 is 1.47 bits per heavy atom. The summed E-state index contributed by atoms with van der Waals surface area (Å²) in [4.78, 5) is 22.2. The fourth-order valence-electron chi connectivity index (χ4n) is 1.98. The van der Waals surface area contributed by atoms with Crippen LogP contribution in [0.4, 0.5) is 0 Å². The average molecular weight is 307 g/mol. The Labute approximate surface area is 113 Å². The maximum atomic E-state index is 11.7. The summed E-state index contributed by atoms with van der Waals surface area (Å²) in [6, 6.07) is -0.244.